The van der Waals surface area contributed by atoms with Crippen LogP contribution in [0.15, 0.2) is 48.5 Å². The Bertz CT molecular complexity index is 636. The van der Waals surface area contributed by atoms with E-state index in [0.29, 0.717) is 5.75 Å². The maximum atomic E-state index is 12.8. The van der Waals surface area contributed by atoms with Crippen molar-refractivity contribution in [2.45, 2.75) is 6.18 Å². The minimum absolute atomic E-state index is 0.0866. The molecular weight excluding hydrogens is 285 g/mol. The fraction of sp³-hybridized carbons (Fsp3) is 0.133. The average Bonchev–Trinajstić information content (AvgIpc) is 2.46. The van der Waals surface area contributed by atoms with Crippen molar-refractivity contribution in [1.82, 2.24) is 0 Å². The maximum absolute atomic E-state index is 12.8. The highest BCUT2D eigenvalue weighted by Crippen LogP contribution is 2.34. The van der Waals surface area contributed by atoms with Gasteiger partial charge in [-0.25, -0.2) is 4.79 Å². The van der Waals surface area contributed by atoms with Gasteiger partial charge in [-0.3, -0.25) is 0 Å². The number of esters is 1. The van der Waals surface area contributed by atoms with Crippen LogP contribution in [-0.4, -0.2) is 13.1 Å². The molecule has 3 nitrogen and oxygen atoms in total. The Hall–Kier alpha value is -2.50. The minimum Gasteiger partial charge on any atom is -0.465 e. The van der Waals surface area contributed by atoms with Gasteiger partial charge in [-0.15, -0.1) is 0 Å². The lowest BCUT2D eigenvalue weighted by atomic mass is 10.1. The largest absolute Gasteiger partial charge is 0.465 e. The number of hydrogen-bond acceptors (Lipinski definition) is 3. The number of methoxy groups -OCH3 is 1. The van der Waals surface area contributed by atoms with Gasteiger partial charge in [-0.2, -0.15) is 13.2 Å². The molecule has 0 fully saturated rings. The Morgan fingerprint density at radius 2 is 1.67 bits per heavy atom. The first-order valence-corrected chi connectivity index (χ1v) is 5.93. The summed E-state index contributed by atoms with van der Waals surface area (Å²) in [6.07, 6.45) is -4.58. The highest BCUT2D eigenvalue weighted by molar-refractivity contribution is 5.90. The van der Waals surface area contributed by atoms with Gasteiger partial charge in [0.25, 0.3) is 0 Å². The van der Waals surface area contributed by atoms with Crippen LogP contribution in [0.4, 0.5) is 13.2 Å². The van der Waals surface area contributed by atoms with Crippen LogP contribution in [0.5, 0.6) is 11.5 Å². The lowest BCUT2D eigenvalue weighted by Crippen LogP contribution is -2.09. The van der Waals surface area contributed by atoms with Crippen LogP contribution in [0.2, 0.25) is 0 Å². The molecule has 0 heterocycles. The van der Waals surface area contributed by atoms with E-state index >= 15 is 0 Å². The third-order valence-electron chi connectivity index (χ3n) is 2.63. The summed E-state index contributed by atoms with van der Waals surface area (Å²) in [6.45, 7) is 0. The molecule has 0 spiro atoms. The van der Waals surface area contributed by atoms with Crippen LogP contribution >= 0.6 is 0 Å². The van der Waals surface area contributed by atoms with E-state index in [1.807, 2.05) is 0 Å². The molecular formula is C15H11F3O3. The molecule has 0 atom stereocenters. The highest BCUT2D eigenvalue weighted by atomic mass is 19.4. The lowest BCUT2D eigenvalue weighted by Gasteiger charge is -2.12. The molecule has 2 rings (SSSR count). The molecule has 0 saturated carbocycles. The quantitative estimate of drug-likeness (QED) is 0.793. The summed E-state index contributed by atoms with van der Waals surface area (Å²) in [5, 5.41) is 0. The SMILES string of the molecule is COC(=O)c1cc(Oc2ccccc2)cc(C(F)(F)F)c1. The van der Waals surface area contributed by atoms with Crippen LogP contribution in [0.1, 0.15) is 15.9 Å². The second-order valence-corrected chi connectivity index (χ2v) is 4.15. The van der Waals surface area contributed by atoms with Gasteiger partial charge in [-0.1, -0.05) is 18.2 Å². The molecule has 0 bridgehead atoms. The molecule has 0 aliphatic rings. The number of rotatable bonds is 3. The number of carbonyl (C=O) groups excluding carboxylic acids is 1. The zero-order valence-electron chi connectivity index (χ0n) is 11.0. The van der Waals surface area contributed by atoms with Crippen LogP contribution in [0.25, 0.3) is 0 Å². The molecule has 6 heteroatoms. The first kappa shape index (κ1) is 14.9. The summed E-state index contributed by atoms with van der Waals surface area (Å²) in [5.41, 5.74) is -1.20. The Balaban J connectivity index is 2.42. The van der Waals surface area contributed by atoms with E-state index in [0.717, 1.165) is 19.2 Å². The lowest BCUT2D eigenvalue weighted by molar-refractivity contribution is -0.137. The van der Waals surface area contributed by atoms with Crippen molar-refractivity contribution in [3.63, 3.8) is 0 Å². The third-order valence-corrected chi connectivity index (χ3v) is 2.63. The number of alkyl halides is 3. The zero-order chi connectivity index (χ0) is 15.5. The zero-order valence-corrected chi connectivity index (χ0v) is 11.0. The van der Waals surface area contributed by atoms with Crippen molar-refractivity contribution < 1.29 is 27.4 Å². The van der Waals surface area contributed by atoms with Gasteiger partial charge in [0.15, 0.2) is 0 Å². The second kappa shape index (κ2) is 5.87. The normalized spacial score (nSPS) is 11.0. The van der Waals surface area contributed by atoms with Gasteiger partial charge in [-0.05, 0) is 30.3 Å². The van der Waals surface area contributed by atoms with Gasteiger partial charge in [0.05, 0.1) is 18.2 Å². The predicted molar refractivity (Wildman–Crippen MR) is 69.3 cm³/mol. The van der Waals surface area contributed by atoms with Crippen molar-refractivity contribution >= 4 is 5.97 Å². The molecule has 0 saturated heterocycles. The molecule has 21 heavy (non-hydrogen) atoms. The Labute approximate surface area is 118 Å². The number of carbonyl (C=O) groups is 1. The molecule has 0 N–H and O–H groups in total. The summed E-state index contributed by atoms with van der Waals surface area (Å²) in [6, 6.07) is 11.1. The van der Waals surface area contributed by atoms with Gasteiger partial charge in [0.2, 0.25) is 0 Å². The average molecular weight is 296 g/mol. The molecule has 2 aromatic rings. The van der Waals surface area contributed by atoms with Crippen LogP contribution in [-0.2, 0) is 10.9 Å². The summed E-state index contributed by atoms with van der Waals surface area (Å²) < 4.78 is 48.3. The van der Waals surface area contributed by atoms with Gasteiger partial charge in [0, 0.05) is 0 Å². The summed E-state index contributed by atoms with van der Waals surface area (Å²) in [4.78, 5) is 11.5. The topological polar surface area (TPSA) is 35.5 Å². The molecule has 0 radical (unpaired) electrons. The number of benzene rings is 2. The third kappa shape index (κ3) is 3.75. The monoisotopic (exact) mass is 296 g/mol. The van der Waals surface area contributed by atoms with Crippen molar-refractivity contribution in [2.75, 3.05) is 7.11 Å². The van der Waals surface area contributed by atoms with Crippen molar-refractivity contribution in [1.29, 1.82) is 0 Å². The minimum atomic E-state index is -4.58. The van der Waals surface area contributed by atoms with Crippen LogP contribution in [0.3, 0.4) is 0 Å². The number of hydrogen-bond donors (Lipinski definition) is 0. The molecule has 0 aliphatic heterocycles. The Morgan fingerprint density at radius 3 is 2.24 bits per heavy atom. The number of para-hydroxylation sites is 1. The first-order valence-electron chi connectivity index (χ1n) is 5.93. The smallest absolute Gasteiger partial charge is 0.416 e. The van der Waals surface area contributed by atoms with Crippen molar-refractivity contribution in [2.24, 2.45) is 0 Å². The van der Waals surface area contributed by atoms with E-state index < -0.39 is 17.7 Å². The number of ether oxygens (including phenoxy) is 2. The highest BCUT2D eigenvalue weighted by Gasteiger charge is 2.32. The predicted octanol–water partition coefficient (Wildman–Crippen LogP) is 4.28. The Morgan fingerprint density at radius 1 is 1.00 bits per heavy atom. The molecule has 0 unspecified atom stereocenters. The van der Waals surface area contributed by atoms with E-state index in [1.165, 1.54) is 6.07 Å². The Kier molecular flexibility index (Phi) is 4.16. The fourth-order valence-corrected chi connectivity index (χ4v) is 1.68. The summed E-state index contributed by atoms with van der Waals surface area (Å²) in [5.74, 6) is -0.580. The maximum Gasteiger partial charge on any atom is 0.416 e. The van der Waals surface area contributed by atoms with E-state index in [9.17, 15) is 18.0 Å². The molecule has 0 amide bonds. The first-order chi connectivity index (χ1) is 9.90. The number of halogens is 3. The van der Waals surface area contributed by atoms with E-state index in [4.69, 9.17) is 4.74 Å². The van der Waals surface area contributed by atoms with E-state index in [-0.39, 0.29) is 11.3 Å². The summed E-state index contributed by atoms with van der Waals surface area (Å²) >= 11 is 0. The van der Waals surface area contributed by atoms with Gasteiger partial charge in [0.1, 0.15) is 11.5 Å². The van der Waals surface area contributed by atoms with E-state index in [2.05, 4.69) is 4.74 Å². The van der Waals surface area contributed by atoms with Crippen molar-refractivity contribution in [3.8, 4) is 11.5 Å². The fourth-order valence-electron chi connectivity index (χ4n) is 1.68. The molecule has 0 aliphatic carbocycles. The second-order valence-electron chi connectivity index (χ2n) is 4.15. The summed E-state index contributed by atoms with van der Waals surface area (Å²) in [7, 11) is 1.10. The van der Waals surface area contributed by atoms with Crippen LogP contribution < -0.4 is 4.74 Å². The van der Waals surface area contributed by atoms with Gasteiger partial charge < -0.3 is 9.47 Å². The van der Waals surface area contributed by atoms with Gasteiger partial charge >= 0.3 is 12.1 Å². The van der Waals surface area contributed by atoms with E-state index in [1.54, 1.807) is 30.3 Å². The molecule has 110 valence electrons. The molecule has 0 aromatic heterocycles. The van der Waals surface area contributed by atoms with Crippen molar-refractivity contribution in [3.05, 3.63) is 59.7 Å². The molecule has 2 aromatic carbocycles. The van der Waals surface area contributed by atoms with Crippen LogP contribution in [0, 0.1) is 0 Å². The standard InChI is InChI=1S/C15H11F3O3/c1-20-14(19)10-7-11(15(16,17)18)9-13(8-10)21-12-5-3-2-4-6-12/h2-9H,1H3.